The van der Waals surface area contributed by atoms with Crippen molar-refractivity contribution >= 4 is 12.2 Å². The molecule has 0 aliphatic carbocycles. The van der Waals surface area contributed by atoms with Gasteiger partial charge in [0.1, 0.15) is 0 Å². The van der Waals surface area contributed by atoms with E-state index in [4.69, 9.17) is 0 Å². The molecule has 0 spiro atoms. The van der Waals surface area contributed by atoms with E-state index in [-0.39, 0.29) is 0 Å². The second kappa shape index (κ2) is 9.95. The van der Waals surface area contributed by atoms with Gasteiger partial charge in [0, 0.05) is 0 Å². The Balaban J connectivity index is 1.63. The van der Waals surface area contributed by atoms with Gasteiger partial charge in [-0.25, -0.2) is 12.8 Å². The zero-order chi connectivity index (χ0) is 15.3. The predicted octanol–water partition coefficient (Wildman–Crippen LogP) is 5.93. The highest BCUT2D eigenvalue weighted by molar-refractivity contribution is 5.51. The maximum atomic E-state index is 2.09. The third kappa shape index (κ3) is 6.53. The predicted molar refractivity (Wildman–Crippen MR) is 97.8 cm³/mol. The summed E-state index contributed by atoms with van der Waals surface area (Å²) in [6, 6.07) is 20.5. The van der Waals surface area contributed by atoms with Gasteiger partial charge in [-0.3, -0.25) is 12.2 Å². The normalized spacial score (nSPS) is 11.8. The molecule has 0 saturated heterocycles. The summed E-state index contributed by atoms with van der Waals surface area (Å²) in [7, 11) is 0. The van der Waals surface area contributed by atoms with Gasteiger partial charge in [0.2, 0.25) is 0 Å². The van der Waals surface area contributed by atoms with Gasteiger partial charge in [-0.1, -0.05) is 72.3 Å². The van der Waals surface area contributed by atoms with Gasteiger partial charge in [-0.05, 0) is 5.56 Å². The quantitative estimate of drug-likeness (QED) is 0.436. The topological polar surface area (TPSA) is 0 Å². The van der Waals surface area contributed by atoms with Crippen molar-refractivity contribution in [1.29, 1.82) is 0 Å². The fourth-order valence-electron chi connectivity index (χ4n) is 1.85. The summed E-state index contributed by atoms with van der Waals surface area (Å²) in [5, 5.41) is 0. The fourth-order valence-corrected chi connectivity index (χ4v) is 1.85. The minimum atomic E-state index is 1.21. The first-order valence-corrected chi connectivity index (χ1v) is 7.40. The van der Waals surface area contributed by atoms with Gasteiger partial charge in [0.25, 0.3) is 0 Å². The summed E-state index contributed by atoms with van der Waals surface area (Å²) < 4.78 is 0. The van der Waals surface area contributed by atoms with Crippen molar-refractivity contribution in [3.63, 3.8) is 0 Å². The van der Waals surface area contributed by atoms with Crippen molar-refractivity contribution in [1.82, 2.24) is 0 Å². The van der Waals surface area contributed by atoms with Crippen molar-refractivity contribution in [2.24, 2.45) is 0 Å². The molecule has 0 heterocycles. The van der Waals surface area contributed by atoms with Crippen LogP contribution in [0, 0.1) is 12.8 Å². The van der Waals surface area contributed by atoms with E-state index in [1.165, 1.54) is 11.1 Å². The van der Waals surface area contributed by atoms with Crippen LogP contribution < -0.4 is 0 Å². The van der Waals surface area contributed by atoms with E-state index in [1.54, 1.807) is 0 Å². The van der Waals surface area contributed by atoms with E-state index < -0.39 is 0 Å². The summed E-state index contributed by atoms with van der Waals surface area (Å²) >= 11 is 0. The first-order valence-electron chi connectivity index (χ1n) is 7.40. The van der Waals surface area contributed by atoms with Crippen LogP contribution in [0.5, 0.6) is 0 Å². The fraction of sp³-hybridized carbons (Fsp3) is 0. The summed E-state index contributed by atoms with van der Waals surface area (Å²) in [6.07, 6.45) is 20.4. The first kappa shape index (κ1) is 15.5. The standard InChI is InChI=1S/C22H20/c1(3-5-9-15-21-17-11-7-12-18-21)2-4-6-10-16-22-19-13-8-14-20-22/h1-20H/q-2/b3-1+,6-4+,15-9+,16-10+. The van der Waals surface area contributed by atoms with Crippen LogP contribution in [0.15, 0.2) is 97.1 Å². The Bertz CT molecular complexity index is 628. The minimum Gasteiger partial charge on any atom is -0.269 e. The van der Waals surface area contributed by atoms with Gasteiger partial charge < -0.3 is 0 Å². The van der Waals surface area contributed by atoms with Gasteiger partial charge in [0.05, 0.1) is 0 Å². The average molecular weight is 284 g/mol. The molecule has 0 atom stereocenters. The van der Waals surface area contributed by atoms with Gasteiger partial charge in [-0.15, -0.1) is 6.08 Å². The molecule has 0 aromatic heterocycles. The Morgan fingerprint density at radius 1 is 0.500 bits per heavy atom. The molecular formula is C22H20-2. The number of rotatable bonds is 7. The summed E-state index contributed by atoms with van der Waals surface area (Å²) in [5.41, 5.74) is 2.42. The summed E-state index contributed by atoms with van der Waals surface area (Å²) in [4.78, 5) is 0. The number of allylic oxidation sites excluding steroid dienone is 6. The summed E-state index contributed by atoms with van der Waals surface area (Å²) in [6.45, 7) is 0. The summed E-state index contributed by atoms with van der Waals surface area (Å²) in [5.74, 6) is 0. The number of hydrogen-bond donors (Lipinski definition) is 0. The molecule has 0 amide bonds. The molecule has 0 heteroatoms. The molecule has 0 radical (unpaired) electrons. The van der Waals surface area contributed by atoms with Gasteiger partial charge >= 0.3 is 0 Å². The van der Waals surface area contributed by atoms with E-state index >= 15 is 0 Å². The minimum absolute atomic E-state index is 1.21. The molecule has 0 fully saturated rings. The first-order chi connectivity index (χ1) is 10.9. The molecule has 0 aliphatic rings. The van der Waals surface area contributed by atoms with Crippen molar-refractivity contribution in [2.45, 2.75) is 0 Å². The molecule has 2 aromatic rings. The third-order valence-corrected chi connectivity index (χ3v) is 2.95. The highest BCUT2D eigenvalue weighted by atomic mass is 13.9. The van der Waals surface area contributed by atoms with Crippen molar-refractivity contribution in [3.05, 3.63) is 121 Å². The van der Waals surface area contributed by atoms with Gasteiger partial charge in [0.15, 0.2) is 0 Å². The van der Waals surface area contributed by atoms with Gasteiger partial charge in [-0.2, -0.15) is 24.3 Å². The molecule has 0 aliphatic heterocycles. The Labute approximate surface area is 133 Å². The monoisotopic (exact) mass is 284 g/mol. The highest BCUT2D eigenvalue weighted by Gasteiger charge is 1.78. The molecule has 110 valence electrons. The molecule has 0 nitrogen and oxygen atoms in total. The maximum Gasteiger partial charge on any atom is -0.0267 e. The second-order valence-electron chi connectivity index (χ2n) is 4.69. The van der Waals surface area contributed by atoms with Crippen LogP contribution in [0.2, 0.25) is 0 Å². The number of benzene rings is 2. The second-order valence-corrected chi connectivity index (χ2v) is 4.69. The number of hydrogen-bond acceptors (Lipinski definition) is 0. The Morgan fingerprint density at radius 3 is 1.68 bits per heavy atom. The third-order valence-electron chi connectivity index (χ3n) is 2.95. The van der Waals surface area contributed by atoms with Crippen LogP contribution in [0.3, 0.4) is 0 Å². The molecule has 0 N–H and O–H groups in total. The van der Waals surface area contributed by atoms with Crippen LogP contribution in [-0.2, 0) is 0 Å². The zero-order valence-corrected chi connectivity index (χ0v) is 12.5. The average Bonchev–Trinajstić information content (AvgIpc) is 2.58. The van der Waals surface area contributed by atoms with E-state index in [1.807, 2.05) is 85.7 Å². The largest absolute Gasteiger partial charge is 0.269 e. The molecule has 0 saturated carbocycles. The van der Waals surface area contributed by atoms with Crippen LogP contribution >= 0.6 is 0 Å². The molecule has 0 unspecified atom stereocenters. The lowest BCUT2D eigenvalue weighted by Crippen LogP contribution is -1.69. The van der Waals surface area contributed by atoms with E-state index in [9.17, 15) is 0 Å². The van der Waals surface area contributed by atoms with Crippen LogP contribution in [0.4, 0.5) is 0 Å². The molecule has 2 aromatic carbocycles. The Hall–Kier alpha value is -2.86. The highest BCUT2D eigenvalue weighted by Crippen LogP contribution is 2.02. The Morgan fingerprint density at radius 2 is 1.05 bits per heavy atom. The maximum absolute atomic E-state index is 2.09. The van der Waals surface area contributed by atoms with Crippen LogP contribution in [0.25, 0.3) is 12.2 Å². The SMILES string of the molecule is C(/C=C/c1ccccc1)=C\[CH-]/C=C/[CH-]/C=C/c1ccccc1. The van der Waals surface area contributed by atoms with Crippen LogP contribution in [0.1, 0.15) is 11.1 Å². The lowest BCUT2D eigenvalue weighted by molar-refractivity contribution is 1.64. The zero-order valence-electron chi connectivity index (χ0n) is 12.5. The van der Waals surface area contributed by atoms with E-state index in [2.05, 4.69) is 36.4 Å². The molecule has 22 heavy (non-hydrogen) atoms. The van der Waals surface area contributed by atoms with Crippen molar-refractivity contribution in [2.75, 3.05) is 0 Å². The lowest BCUT2D eigenvalue weighted by atomic mass is 10.2. The molecule has 0 bridgehead atoms. The van der Waals surface area contributed by atoms with Crippen LogP contribution in [-0.4, -0.2) is 0 Å². The lowest BCUT2D eigenvalue weighted by Gasteiger charge is -2.00. The molecule has 2 rings (SSSR count). The molecular weight excluding hydrogens is 264 g/mol. The van der Waals surface area contributed by atoms with Crippen molar-refractivity contribution in [3.8, 4) is 0 Å². The van der Waals surface area contributed by atoms with Crippen molar-refractivity contribution < 1.29 is 0 Å². The Kier molecular flexibility index (Phi) is 7.02. The van der Waals surface area contributed by atoms with E-state index in [0.717, 1.165) is 0 Å². The smallest absolute Gasteiger partial charge is 0.0267 e. The van der Waals surface area contributed by atoms with E-state index in [0.29, 0.717) is 0 Å².